The molecule has 13 nitrogen and oxygen atoms in total. The zero-order valence-electron chi connectivity index (χ0n) is 30.9. The first-order valence-corrected chi connectivity index (χ1v) is 24.1. The van der Waals surface area contributed by atoms with Gasteiger partial charge in [-0.2, -0.15) is 0 Å². The van der Waals surface area contributed by atoms with Gasteiger partial charge in [0, 0.05) is 48.2 Å². The number of aromatic nitrogens is 4. The van der Waals surface area contributed by atoms with Gasteiger partial charge in [-0.25, -0.2) is 23.2 Å². The second-order valence-electron chi connectivity index (χ2n) is 14.5. The van der Waals surface area contributed by atoms with Crippen LogP contribution in [0.2, 0.25) is 25.7 Å². The Morgan fingerprint density at radius 3 is 2.46 bits per heavy atom. The third-order valence-electron chi connectivity index (χ3n) is 8.51. The average molecular weight is 856 g/mol. The van der Waals surface area contributed by atoms with E-state index in [4.69, 9.17) is 14.5 Å². The number of thiazole rings is 1. The van der Waals surface area contributed by atoms with E-state index >= 15 is 0 Å². The van der Waals surface area contributed by atoms with E-state index in [1.807, 2.05) is 18.2 Å². The lowest BCUT2D eigenvalue weighted by molar-refractivity contribution is -0.124. The number of methoxy groups -OCH3 is 1. The molecular formula is C37H43BrN6O7S2Si. The van der Waals surface area contributed by atoms with Crippen LogP contribution >= 0.6 is 27.3 Å². The van der Waals surface area contributed by atoms with Crippen LogP contribution in [0.3, 0.4) is 0 Å². The third kappa shape index (κ3) is 10.5. The molecule has 0 saturated carbocycles. The minimum absolute atomic E-state index is 0.0557. The molecule has 286 valence electrons. The van der Waals surface area contributed by atoms with E-state index in [1.54, 1.807) is 61.0 Å². The van der Waals surface area contributed by atoms with Crippen LogP contribution < -0.4 is 10.6 Å². The van der Waals surface area contributed by atoms with Crippen LogP contribution in [0.5, 0.6) is 0 Å². The fraction of sp³-hybridized carbons (Fsp3) is 0.351. The summed E-state index contributed by atoms with van der Waals surface area (Å²) in [5, 5.41) is 5.59. The predicted molar refractivity (Wildman–Crippen MR) is 216 cm³/mol. The van der Waals surface area contributed by atoms with E-state index < -0.39 is 35.2 Å². The molecular weight excluding hydrogens is 813 g/mol. The number of hydrogen-bond acceptors (Lipinski definition) is 11. The number of imidazole rings is 1. The predicted octanol–water partition coefficient (Wildman–Crippen LogP) is 8.26. The lowest BCUT2D eigenvalue weighted by Gasteiger charge is -2.24. The van der Waals surface area contributed by atoms with Gasteiger partial charge in [-0.15, -0.1) is 11.3 Å². The van der Waals surface area contributed by atoms with Crippen molar-refractivity contribution in [3.63, 3.8) is 0 Å². The van der Waals surface area contributed by atoms with Crippen molar-refractivity contribution in [3.05, 3.63) is 83.0 Å². The number of ether oxygens (including phenoxy) is 2. The number of sulfone groups is 1. The van der Waals surface area contributed by atoms with Gasteiger partial charge < -0.3 is 19.4 Å². The van der Waals surface area contributed by atoms with Crippen LogP contribution in [-0.4, -0.2) is 73.3 Å². The van der Waals surface area contributed by atoms with Gasteiger partial charge in [0.2, 0.25) is 25.9 Å². The maximum absolute atomic E-state index is 13.9. The number of nitrogens with one attached hydrogen (secondary N) is 2. The Kier molecular flexibility index (Phi) is 12.9. The number of para-hydroxylation sites is 1. The second kappa shape index (κ2) is 17.0. The zero-order chi connectivity index (χ0) is 39.3. The summed E-state index contributed by atoms with van der Waals surface area (Å²) in [5.74, 6) is -0.883. The monoisotopic (exact) mass is 854 g/mol. The summed E-state index contributed by atoms with van der Waals surface area (Å²) in [6, 6.07) is 16.4. The van der Waals surface area contributed by atoms with E-state index in [2.05, 4.69) is 56.2 Å². The Hall–Kier alpha value is -4.29. The second-order valence-corrected chi connectivity index (χ2v) is 24.4. The smallest absolute Gasteiger partial charge is 0.411 e. The van der Waals surface area contributed by atoms with E-state index in [-0.39, 0.29) is 47.1 Å². The quantitative estimate of drug-likeness (QED) is 0.0559. The van der Waals surface area contributed by atoms with E-state index in [0.29, 0.717) is 34.8 Å². The Labute approximate surface area is 328 Å². The SMILES string of the molecule is COC(=O)Nc1ccc(-c2cn(COCC[Si](C)(C)C)c(C(=O)c3ccc(Br)cn3)n2)c(NC(=O)C(C)(C)CCCS(=O)(=O)c2nc3ccccc3s2)c1. The molecule has 3 heterocycles. The van der Waals surface area contributed by atoms with E-state index in [9.17, 15) is 22.8 Å². The van der Waals surface area contributed by atoms with Crippen LogP contribution in [0.4, 0.5) is 16.2 Å². The van der Waals surface area contributed by atoms with Gasteiger partial charge in [0.05, 0.1) is 34.5 Å². The molecule has 5 rings (SSSR count). The molecule has 2 aromatic carbocycles. The van der Waals surface area contributed by atoms with Crippen molar-refractivity contribution < 1.29 is 32.3 Å². The number of anilines is 2. The summed E-state index contributed by atoms with van der Waals surface area (Å²) in [7, 11) is -3.81. The number of ketones is 1. The molecule has 0 aliphatic heterocycles. The molecule has 0 radical (unpaired) electrons. The highest BCUT2D eigenvalue weighted by atomic mass is 79.9. The number of halogens is 1. The number of benzene rings is 2. The zero-order valence-corrected chi connectivity index (χ0v) is 35.2. The molecule has 0 aliphatic carbocycles. The summed E-state index contributed by atoms with van der Waals surface area (Å²) in [6.07, 6.45) is 2.97. The number of carbonyl (C=O) groups is 3. The van der Waals surface area contributed by atoms with Crippen molar-refractivity contribution in [2.45, 2.75) is 63.4 Å². The third-order valence-corrected chi connectivity index (χ3v) is 14.0. The van der Waals surface area contributed by atoms with Crippen LogP contribution in [0.1, 0.15) is 43.0 Å². The topological polar surface area (TPSA) is 171 Å². The highest BCUT2D eigenvalue weighted by Crippen LogP contribution is 2.34. The summed E-state index contributed by atoms with van der Waals surface area (Å²) < 4.78 is 40.3. The summed E-state index contributed by atoms with van der Waals surface area (Å²) in [6.45, 7) is 10.8. The van der Waals surface area contributed by atoms with Gasteiger partial charge in [0.25, 0.3) is 0 Å². The first kappa shape index (κ1) is 40.9. The lowest BCUT2D eigenvalue weighted by atomic mass is 9.87. The maximum Gasteiger partial charge on any atom is 0.411 e. The van der Waals surface area contributed by atoms with Crippen molar-refractivity contribution in [2.75, 3.05) is 30.1 Å². The van der Waals surface area contributed by atoms with Crippen molar-refractivity contribution in [2.24, 2.45) is 5.41 Å². The highest BCUT2D eigenvalue weighted by Gasteiger charge is 2.30. The normalized spacial score (nSPS) is 12.1. The molecule has 5 aromatic rings. The van der Waals surface area contributed by atoms with E-state index in [1.165, 1.54) is 13.3 Å². The number of amides is 2. The first-order valence-electron chi connectivity index (χ1n) is 17.2. The molecule has 0 fully saturated rings. The molecule has 0 atom stereocenters. The van der Waals surface area contributed by atoms with Crippen LogP contribution in [-0.2, 0) is 30.8 Å². The number of carbonyl (C=O) groups excluding carboxylic acids is 3. The average Bonchev–Trinajstić information content (AvgIpc) is 3.75. The van der Waals surface area contributed by atoms with Gasteiger partial charge >= 0.3 is 6.09 Å². The molecule has 17 heteroatoms. The Balaban J connectivity index is 1.41. The molecule has 0 unspecified atom stereocenters. The fourth-order valence-electron chi connectivity index (χ4n) is 5.29. The summed E-state index contributed by atoms with van der Waals surface area (Å²) in [5.41, 5.74) is 1.28. The molecule has 2 N–H and O–H groups in total. The van der Waals surface area contributed by atoms with Crippen molar-refractivity contribution >= 4 is 84.6 Å². The molecule has 0 saturated heterocycles. The molecule has 0 bridgehead atoms. The van der Waals surface area contributed by atoms with Crippen molar-refractivity contribution in [1.82, 2.24) is 19.5 Å². The standard InChI is InChI=1S/C37H43BrN6O7S2Si/c1-37(2,16-9-18-53(48,49)36-43-27-10-7-8-11-31(27)52-36)34(46)42-29-20-25(40-35(47)50-3)13-14-26(29)30-22-44(23-51-17-19-54(4,5)6)33(41-30)32(45)28-15-12-24(38)21-39-28/h7-8,10-15,20-22H,9,16-19,23H2,1-6H3,(H,40,47)(H,42,46). The van der Waals surface area contributed by atoms with Crippen LogP contribution in [0.15, 0.2) is 75.8 Å². The number of hydrogen-bond donors (Lipinski definition) is 2. The van der Waals surface area contributed by atoms with Gasteiger partial charge in [-0.3, -0.25) is 19.9 Å². The summed E-state index contributed by atoms with van der Waals surface area (Å²) >= 11 is 4.48. The van der Waals surface area contributed by atoms with Gasteiger partial charge in [0.15, 0.2) is 5.82 Å². The summed E-state index contributed by atoms with van der Waals surface area (Å²) in [4.78, 5) is 53.0. The first-order chi connectivity index (χ1) is 25.5. The Morgan fingerprint density at radius 2 is 1.78 bits per heavy atom. The van der Waals surface area contributed by atoms with Gasteiger partial charge in [-0.05, 0) is 77.3 Å². The number of rotatable bonds is 16. The molecule has 3 aromatic heterocycles. The van der Waals surface area contributed by atoms with Gasteiger partial charge in [0.1, 0.15) is 12.4 Å². The number of fused-ring (bicyclic) bond motifs is 1. The minimum atomic E-state index is -3.67. The maximum atomic E-state index is 13.9. The number of nitrogens with zero attached hydrogens (tertiary/aromatic N) is 4. The molecule has 0 spiro atoms. The molecule has 0 aliphatic rings. The number of pyridine rings is 1. The highest BCUT2D eigenvalue weighted by molar-refractivity contribution is 9.10. The van der Waals surface area contributed by atoms with E-state index in [0.717, 1.165) is 26.6 Å². The Bertz CT molecular complexity index is 2240. The molecule has 54 heavy (non-hydrogen) atoms. The lowest BCUT2D eigenvalue weighted by Crippen LogP contribution is -2.31. The van der Waals surface area contributed by atoms with Crippen LogP contribution in [0, 0.1) is 5.41 Å². The van der Waals surface area contributed by atoms with Crippen molar-refractivity contribution in [3.8, 4) is 11.3 Å². The van der Waals surface area contributed by atoms with Crippen molar-refractivity contribution in [1.29, 1.82) is 0 Å². The largest absolute Gasteiger partial charge is 0.453 e. The molecule has 2 amide bonds. The fourth-order valence-corrected chi connectivity index (χ4v) is 8.94. The van der Waals surface area contributed by atoms with Gasteiger partial charge in [-0.1, -0.05) is 45.6 Å². The van der Waals surface area contributed by atoms with Crippen LogP contribution in [0.25, 0.3) is 21.5 Å². The minimum Gasteiger partial charge on any atom is -0.453 e. The Morgan fingerprint density at radius 1 is 1.02 bits per heavy atom.